The molecule has 1 amide bonds. The van der Waals surface area contributed by atoms with Gasteiger partial charge in [-0.2, -0.15) is 13.2 Å². The van der Waals surface area contributed by atoms with E-state index in [0.717, 1.165) is 31.9 Å². The number of rotatable bonds is 8. The smallest absolute Gasteiger partial charge is 0.381 e. The van der Waals surface area contributed by atoms with E-state index in [4.69, 9.17) is 4.74 Å². The zero-order valence-corrected chi connectivity index (χ0v) is 20.3. The fourth-order valence-electron chi connectivity index (χ4n) is 5.21. The second-order valence-corrected chi connectivity index (χ2v) is 9.89. The molecule has 1 unspecified atom stereocenters. The number of carbonyl (C=O) groups is 1. The van der Waals surface area contributed by atoms with Crippen molar-refractivity contribution in [2.75, 3.05) is 45.6 Å². The fraction of sp³-hybridized carbons (Fsp3) is 0.577. The van der Waals surface area contributed by atoms with Crippen molar-refractivity contribution in [2.24, 2.45) is 11.8 Å². The molecule has 0 bridgehead atoms. The van der Waals surface area contributed by atoms with Crippen molar-refractivity contribution < 1.29 is 22.7 Å². The summed E-state index contributed by atoms with van der Waals surface area (Å²) in [6.45, 7) is 2.11. The first-order chi connectivity index (χ1) is 16.7. The van der Waals surface area contributed by atoms with Crippen LogP contribution in [0.3, 0.4) is 0 Å². The summed E-state index contributed by atoms with van der Waals surface area (Å²) in [5.41, 5.74) is 0.582. The summed E-state index contributed by atoms with van der Waals surface area (Å²) < 4.78 is 46.8. The summed E-state index contributed by atoms with van der Waals surface area (Å²) >= 11 is 0. The average molecular weight is 493 g/mol. The van der Waals surface area contributed by atoms with E-state index >= 15 is 0 Å². The number of nitrogens with one attached hydrogen (secondary N) is 3. The van der Waals surface area contributed by atoms with Gasteiger partial charge in [0.15, 0.2) is 0 Å². The van der Waals surface area contributed by atoms with Gasteiger partial charge in [0.1, 0.15) is 0 Å². The van der Waals surface area contributed by atoms with E-state index in [-0.39, 0.29) is 36.4 Å². The van der Waals surface area contributed by atoms with Crippen LogP contribution in [-0.2, 0) is 15.7 Å². The summed E-state index contributed by atoms with van der Waals surface area (Å²) in [7, 11) is 3.94. The van der Waals surface area contributed by atoms with E-state index in [1.807, 2.05) is 31.1 Å². The highest BCUT2D eigenvalue weighted by Crippen LogP contribution is 2.49. The topological polar surface area (TPSA) is 65.6 Å². The van der Waals surface area contributed by atoms with Gasteiger partial charge in [-0.1, -0.05) is 24.3 Å². The Bertz CT molecular complexity index is 947. The standard InChI is InChI=1S/C26H35F3N4O2/c1-33(2)13-12-30-16-23(34)31-15-19-9-10-20-24(17-6-4-3-5-7-17)32-22-11-8-18(26(27,28)29)14-21(22)25(20)35-19/h3-6,8,11,14,17,19-20,24-25,30,32H,7,9-10,12-13,15-16H2,1-2H3,(H,31,34)/t17?,19-,20+,24+,25+/m1/s1. The van der Waals surface area contributed by atoms with E-state index in [9.17, 15) is 18.0 Å². The van der Waals surface area contributed by atoms with Crippen molar-refractivity contribution in [3.8, 4) is 0 Å². The van der Waals surface area contributed by atoms with Gasteiger partial charge in [-0.3, -0.25) is 4.79 Å². The Hall–Kier alpha value is -2.36. The first-order valence-corrected chi connectivity index (χ1v) is 12.3. The number of hydrogen-bond donors (Lipinski definition) is 3. The number of nitrogens with zero attached hydrogens (tertiary/aromatic N) is 1. The van der Waals surface area contributed by atoms with E-state index in [2.05, 4.69) is 28.1 Å². The number of hydrogen-bond acceptors (Lipinski definition) is 5. The average Bonchev–Trinajstić information content (AvgIpc) is 2.84. The SMILES string of the molecule is CN(C)CCNCC(=O)NC[C@H]1CC[C@@H]2[C@H](O1)c1cc(C(F)(F)F)ccc1N[C@H]2C1C=CC=CC1. The lowest BCUT2D eigenvalue weighted by Crippen LogP contribution is -2.49. The Balaban J connectivity index is 1.45. The summed E-state index contributed by atoms with van der Waals surface area (Å²) in [6.07, 6.45) is 5.66. The first-order valence-electron chi connectivity index (χ1n) is 12.3. The summed E-state index contributed by atoms with van der Waals surface area (Å²) in [6, 6.07) is 3.95. The van der Waals surface area contributed by atoms with Crippen LogP contribution in [0.15, 0.2) is 42.5 Å². The van der Waals surface area contributed by atoms with Crippen molar-refractivity contribution in [1.29, 1.82) is 0 Å². The maximum Gasteiger partial charge on any atom is 0.416 e. The monoisotopic (exact) mass is 492 g/mol. The molecule has 3 N–H and O–H groups in total. The lowest BCUT2D eigenvalue weighted by atomic mass is 9.73. The van der Waals surface area contributed by atoms with Gasteiger partial charge in [-0.05, 0) is 51.6 Å². The molecule has 1 fully saturated rings. The third-order valence-electron chi connectivity index (χ3n) is 7.04. The van der Waals surface area contributed by atoms with Crippen LogP contribution in [0.4, 0.5) is 18.9 Å². The first kappa shape index (κ1) is 25.7. The Kier molecular flexibility index (Phi) is 8.19. The molecule has 9 heteroatoms. The van der Waals surface area contributed by atoms with Crippen molar-refractivity contribution in [3.05, 3.63) is 53.6 Å². The third-order valence-corrected chi connectivity index (χ3v) is 7.04. The highest BCUT2D eigenvalue weighted by Gasteiger charge is 2.45. The van der Waals surface area contributed by atoms with Crippen LogP contribution >= 0.6 is 0 Å². The van der Waals surface area contributed by atoms with E-state index in [0.29, 0.717) is 24.3 Å². The van der Waals surface area contributed by atoms with Crippen molar-refractivity contribution >= 4 is 11.6 Å². The molecule has 1 aromatic rings. The summed E-state index contributed by atoms with van der Waals surface area (Å²) in [4.78, 5) is 14.3. The molecule has 1 aromatic carbocycles. The number of amides is 1. The number of benzene rings is 1. The van der Waals surface area contributed by atoms with Crippen LogP contribution in [0.25, 0.3) is 0 Å². The minimum Gasteiger partial charge on any atom is -0.381 e. The van der Waals surface area contributed by atoms with Crippen LogP contribution in [0.2, 0.25) is 0 Å². The molecule has 2 aliphatic heterocycles. The number of fused-ring (bicyclic) bond motifs is 3. The maximum atomic E-state index is 13.5. The molecular formula is C26H35F3N4O2. The number of carbonyl (C=O) groups excluding carboxylic acids is 1. The van der Waals surface area contributed by atoms with Gasteiger partial charge >= 0.3 is 6.18 Å². The zero-order chi connectivity index (χ0) is 25.0. The number of likely N-dealkylation sites (N-methyl/N-ethyl adjacent to an activating group) is 1. The van der Waals surface area contributed by atoms with Crippen molar-refractivity contribution in [3.63, 3.8) is 0 Å². The molecule has 2 heterocycles. The van der Waals surface area contributed by atoms with E-state index < -0.39 is 17.8 Å². The molecule has 0 spiro atoms. The Morgan fingerprint density at radius 1 is 1.23 bits per heavy atom. The molecule has 5 atom stereocenters. The Morgan fingerprint density at radius 2 is 2.06 bits per heavy atom. The van der Waals surface area contributed by atoms with Gasteiger partial charge in [-0.25, -0.2) is 0 Å². The molecule has 0 radical (unpaired) electrons. The molecule has 3 aliphatic rings. The van der Waals surface area contributed by atoms with Crippen LogP contribution in [0.5, 0.6) is 0 Å². The lowest BCUT2D eigenvalue weighted by Gasteiger charge is -2.47. The van der Waals surface area contributed by atoms with Gasteiger partial charge in [-0.15, -0.1) is 0 Å². The number of alkyl halides is 3. The number of anilines is 1. The molecule has 1 saturated heterocycles. The molecule has 4 rings (SSSR count). The van der Waals surface area contributed by atoms with Crippen LogP contribution in [-0.4, -0.2) is 63.2 Å². The fourth-order valence-corrected chi connectivity index (χ4v) is 5.21. The largest absolute Gasteiger partial charge is 0.416 e. The number of halogens is 3. The third kappa shape index (κ3) is 6.45. The highest BCUT2D eigenvalue weighted by atomic mass is 19.4. The molecular weight excluding hydrogens is 457 g/mol. The van der Waals surface area contributed by atoms with Crippen LogP contribution in [0.1, 0.15) is 36.5 Å². The molecule has 192 valence electrons. The Labute approximate surface area is 205 Å². The highest BCUT2D eigenvalue weighted by molar-refractivity contribution is 5.78. The zero-order valence-electron chi connectivity index (χ0n) is 20.3. The maximum absolute atomic E-state index is 13.5. The van der Waals surface area contributed by atoms with Gasteiger partial charge in [0.25, 0.3) is 0 Å². The predicted octanol–water partition coefficient (Wildman–Crippen LogP) is 3.74. The molecule has 0 saturated carbocycles. The van der Waals surface area contributed by atoms with E-state index in [1.54, 1.807) is 0 Å². The number of allylic oxidation sites excluding steroid dienone is 3. The van der Waals surface area contributed by atoms with Gasteiger partial charge in [0, 0.05) is 48.8 Å². The van der Waals surface area contributed by atoms with Crippen LogP contribution in [0, 0.1) is 11.8 Å². The summed E-state index contributed by atoms with van der Waals surface area (Å²) in [5.74, 6) is 0.180. The van der Waals surface area contributed by atoms with Crippen molar-refractivity contribution in [1.82, 2.24) is 15.5 Å². The normalized spacial score (nSPS) is 27.8. The Morgan fingerprint density at radius 3 is 2.77 bits per heavy atom. The van der Waals surface area contributed by atoms with Gasteiger partial charge in [0.2, 0.25) is 5.91 Å². The van der Waals surface area contributed by atoms with Crippen LogP contribution < -0.4 is 16.0 Å². The van der Waals surface area contributed by atoms with Crippen molar-refractivity contribution in [2.45, 2.75) is 43.7 Å². The predicted molar refractivity (Wildman–Crippen MR) is 130 cm³/mol. The number of ether oxygens (including phenoxy) is 1. The minimum absolute atomic E-state index is 0.0479. The second kappa shape index (κ2) is 11.1. The molecule has 1 aliphatic carbocycles. The van der Waals surface area contributed by atoms with Gasteiger partial charge < -0.3 is 25.6 Å². The lowest BCUT2D eigenvalue weighted by molar-refractivity contribution is -0.138. The molecule has 6 nitrogen and oxygen atoms in total. The second-order valence-electron chi connectivity index (χ2n) is 9.89. The van der Waals surface area contributed by atoms with Gasteiger partial charge in [0.05, 0.1) is 24.3 Å². The van der Waals surface area contributed by atoms with E-state index in [1.165, 1.54) is 12.1 Å². The minimum atomic E-state index is -4.42. The quantitative estimate of drug-likeness (QED) is 0.483. The summed E-state index contributed by atoms with van der Waals surface area (Å²) in [5, 5.41) is 9.55. The molecule has 35 heavy (non-hydrogen) atoms. The molecule has 0 aromatic heterocycles.